The maximum atomic E-state index is 13.7. The van der Waals surface area contributed by atoms with Gasteiger partial charge in [-0.25, -0.2) is 0 Å². The van der Waals surface area contributed by atoms with E-state index >= 15 is 0 Å². The number of rotatable bonds is 14. The summed E-state index contributed by atoms with van der Waals surface area (Å²) >= 11 is 0. The lowest BCUT2D eigenvalue weighted by molar-refractivity contribution is -0.152. The van der Waals surface area contributed by atoms with E-state index < -0.39 is 12.0 Å². The van der Waals surface area contributed by atoms with Gasteiger partial charge in [0.1, 0.15) is 12.6 Å². The van der Waals surface area contributed by atoms with Gasteiger partial charge in [0.05, 0.1) is 26.3 Å². The minimum atomic E-state index is -0.675. The molecule has 1 atom stereocenters. The lowest BCUT2D eigenvalue weighted by Crippen LogP contribution is -2.48. The molecule has 2 heterocycles. The predicted molar refractivity (Wildman–Crippen MR) is 169 cm³/mol. The molecule has 4 rings (SSSR count). The van der Waals surface area contributed by atoms with Gasteiger partial charge in [-0.15, -0.1) is 0 Å². The molecule has 1 aromatic carbocycles. The van der Waals surface area contributed by atoms with Crippen molar-refractivity contribution in [3.05, 3.63) is 59.2 Å². The van der Waals surface area contributed by atoms with Crippen LogP contribution in [-0.4, -0.2) is 127 Å². The number of esters is 3. The van der Waals surface area contributed by atoms with E-state index in [0.717, 1.165) is 12.0 Å². The fourth-order valence-electron chi connectivity index (χ4n) is 5.97. The van der Waals surface area contributed by atoms with E-state index in [1.807, 2.05) is 51.1 Å². The van der Waals surface area contributed by atoms with Crippen molar-refractivity contribution >= 4 is 29.7 Å². The molecule has 0 N–H and O–H groups in total. The Hall–Kier alpha value is -3.87. The standard InChI is InChI=1S/C34H46N4O8/c1-3-44-30(39)23-35-17-18-36(24-31(40)45-4-2)20-22-37(21-19-35)29(34(43)46-25-26-11-6-5-7-12-26)15-10-16-38-32(41)27-13-8-9-14-28(27)33(38)42/h5-8,11-13,29H,3-4,9-10,14-25H2,1-2H3. The van der Waals surface area contributed by atoms with Crippen LogP contribution in [0.4, 0.5) is 0 Å². The van der Waals surface area contributed by atoms with Crippen LogP contribution in [-0.2, 0) is 44.8 Å². The molecule has 3 aliphatic rings. The summed E-state index contributed by atoms with van der Waals surface area (Å²) in [6, 6.07) is 8.75. The van der Waals surface area contributed by atoms with E-state index in [0.29, 0.717) is 69.7 Å². The van der Waals surface area contributed by atoms with Crippen molar-refractivity contribution in [2.45, 2.75) is 52.2 Å². The summed E-state index contributed by atoms with van der Waals surface area (Å²) in [5.74, 6) is -1.62. The number of hydrogen-bond acceptors (Lipinski definition) is 11. The van der Waals surface area contributed by atoms with Crippen LogP contribution in [0.25, 0.3) is 0 Å². The summed E-state index contributed by atoms with van der Waals surface area (Å²) in [4.78, 5) is 71.8. The highest BCUT2D eigenvalue weighted by Crippen LogP contribution is 2.29. The average molecular weight is 639 g/mol. The largest absolute Gasteiger partial charge is 0.465 e. The van der Waals surface area contributed by atoms with Crippen LogP contribution in [0.5, 0.6) is 0 Å². The van der Waals surface area contributed by atoms with Gasteiger partial charge >= 0.3 is 17.9 Å². The first-order chi connectivity index (χ1) is 22.3. The fraction of sp³-hybridized carbons (Fsp3) is 0.559. The molecule has 46 heavy (non-hydrogen) atoms. The molecule has 1 aromatic rings. The number of allylic oxidation sites excluding steroid dienone is 1. The van der Waals surface area contributed by atoms with Gasteiger partial charge < -0.3 is 14.2 Å². The summed E-state index contributed by atoms with van der Waals surface area (Å²) in [6.45, 7) is 7.50. The Balaban J connectivity index is 1.50. The zero-order chi connectivity index (χ0) is 32.9. The van der Waals surface area contributed by atoms with Crippen LogP contribution in [0.3, 0.4) is 0 Å². The number of ether oxygens (including phenoxy) is 3. The molecular weight excluding hydrogens is 592 g/mol. The highest BCUT2D eigenvalue weighted by molar-refractivity contribution is 6.20. The molecule has 1 fully saturated rings. The number of amides is 2. The van der Waals surface area contributed by atoms with E-state index in [-0.39, 0.29) is 63.2 Å². The summed E-state index contributed by atoms with van der Waals surface area (Å²) < 4.78 is 16.2. The molecule has 0 saturated carbocycles. The second-order valence-electron chi connectivity index (χ2n) is 11.5. The molecular formula is C34H46N4O8. The van der Waals surface area contributed by atoms with Crippen LogP contribution in [0.2, 0.25) is 0 Å². The molecule has 250 valence electrons. The number of carbonyl (C=O) groups is 5. The molecule has 2 amide bonds. The maximum absolute atomic E-state index is 13.7. The third kappa shape index (κ3) is 9.81. The smallest absolute Gasteiger partial charge is 0.323 e. The van der Waals surface area contributed by atoms with Crippen LogP contribution < -0.4 is 0 Å². The molecule has 1 unspecified atom stereocenters. The molecule has 2 aliphatic heterocycles. The SMILES string of the molecule is CCOC(=O)CN1CCN(CC(=O)OCC)CCN(C(CCCN2C(=O)C3=C(CCC=C3)C2=O)C(=O)OCc2ccccc2)CC1. The third-order valence-electron chi connectivity index (χ3n) is 8.40. The first-order valence-electron chi connectivity index (χ1n) is 16.3. The van der Waals surface area contributed by atoms with Crippen molar-refractivity contribution in [2.24, 2.45) is 0 Å². The lowest BCUT2D eigenvalue weighted by atomic mass is 10.00. The molecule has 0 aromatic heterocycles. The Morgan fingerprint density at radius 3 is 2.00 bits per heavy atom. The summed E-state index contributed by atoms with van der Waals surface area (Å²) in [5, 5.41) is 0. The molecule has 0 bridgehead atoms. The minimum Gasteiger partial charge on any atom is -0.465 e. The third-order valence-corrected chi connectivity index (χ3v) is 8.40. The number of nitrogens with zero attached hydrogens (tertiary/aromatic N) is 4. The van der Waals surface area contributed by atoms with Gasteiger partial charge in [0.2, 0.25) is 0 Å². The Kier molecular flexibility index (Phi) is 13.5. The highest BCUT2D eigenvalue weighted by Gasteiger charge is 2.37. The molecule has 0 spiro atoms. The normalized spacial score (nSPS) is 18.9. The van der Waals surface area contributed by atoms with Gasteiger partial charge in [-0.3, -0.25) is 43.6 Å². The molecule has 1 aliphatic carbocycles. The van der Waals surface area contributed by atoms with Crippen molar-refractivity contribution < 1.29 is 38.2 Å². The van der Waals surface area contributed by atoms with Crippen LogP contribution >= 0.6 is 0 Å². The van der Waals surface area contributed by atoms with Crippen molar-refractivity contribution in [1.29, 1.82) is 0 Å². The summed E-state index contributed by atoms with van der Waals surface area (Å²) in [6.07, 6.45) is 5.68. The number of benzene rings is 1. The fourth-order valence-corrected chi connectivity index (χ4v) is 5.97. The van der Waals surface area contributed by atoms with Gasteiger partial charge in [0.25, 0.3) is 11.8 Å². The average Bonchev–Trinajstić information content (AvgIpc) is 3.34. The molecule has 12 nitrogen and oxygen atoms in total. The van der Waals surface area contributed by atoms with Crippen molar-refractivity contribution in [3.63, 3.8) is 0 Å². The Bertz CT molecular complexity index is 1270. The zero-order valence-electron chi connectivity index (χ0n) is 27.0. The van der Waals surface area contributed by atoms with Crippen LogP contribution in [0.1, 0.15) is 45.1 Å². The molecule has 0 radical (unpaired) electrons. The first-order valence-corrected chi connectivity index (χ1v) is 16.3. The quantitative estimate of drug-likeness (QED) is 0.169. The predicted octanol–water partition coefficient (Wildman–Crippen LogP) is 1.94. The van der Waals surface area contributed by atoms with Crippen LogP contribution in [0.15, 0.2) is 53.6 Å². The molecule has 12 heteroatoms. The van der Waals surface area contributed by atoms with Gasteiger partial charge in [0, 0.05) is 57.0 Å². The number of carbonyl (C=O) groups excluding carboxylic acids is 5. The second kappa shape index (κ2) is 17.7. The topological polar surface area (TPSA) is 126 Å². The van der Waals surface area contributed by atoms with E-state index in [4.69, 9.17) is 14.2 Å². The van der Waals surface area contributed by atoms with Crippen molar-refractivity contribution in [3.8, 4) is 0 Å². The van der Waals surface area contributed by atoms with Gasteiger partial charge in [-0.1, -0.05) is 42.5 Å². The first kappa shape index (κ1) is 35.0. The zero-order valence-corrected chi connectivity index (χ0v) is 27.0. The van der Waals surface area contributed by atoms with E-state index in [1.54, 1.807) is 19.9 Å². The van der Waals surface area contributed by atoms with Crippen molar-refractivity contribution in [2.75, 3.05) is 72.1 Å². The van der Waals surface area contributed by atoms with Gasteiger partial charge in [-0.05, 0) is 45.1 Å². The Morgan fingerprint density at radius 1 is 0.804 bits per heavy atom. The Labute approximate surface area is 270 Å². The van der Waals surface area contributed by atoms with E-state index in [1.165, 1.54) is 4.90 Å². The molecule has 1 saturated heterocycles. The lowest BCUT2D eigenvalue weighted by Gasteiger charge is -2.32. The number of imide groups is 1. The Morgan fingerprint density at radius 2 is 1.41 bits per heavy atom. The van der Waals surface area contributed by atoms with Gasteiger partial charge in [-0.2, -0.15) is 0 Å². The van der Waals surface area contributed by atoms with Gasteiger partial charge in [0.15, 0.2) is 0 Å². The highest BCUT2D eigenvalue weighted by atomic mass is 16.5. The minimum absolute atomic E-state index is 0.0866. The van der Waals surface area contributed by atoms with E-state index in [9.17, 15) is 24.0 Å². The number of hydrogen-bond donors (Lipinski definition) is 0. The summed E-state index contributed by atoms with van der Waals surface area (Å²) in [7, 11) is 0. The van der Waals surface area contributed by atoms with E-state index in [2.05, 4.69) is 0 Å². The second-order valence-corrected chi connectivity index (χ2v) is 11.5. The van der Waals surface area contributed by atoms with Crippen molar-refractivity contribution in [1.82, 2.24) is 19.6 Å². The van der Waals surface area contributed by atoms with Crippen LogP contribution in [0, 0.1) is 0 Å². The monoisotopic (exact) mass is 638 g/mol. The summed E-state index contributed by atoms with van der Waals surface area (Å²) in [5.41, 5.74) is 1.89. The maximum Gasteiger partial charge on any atom is 0.323 e.